The predicted molar refractivity (Wildman–Crippen MR) is 119 cm³/mol. The molecule has 0 radical (unpaired) electrons. The van der Waals surface area contributed by atoms with Crippen molar-refractivity contribution in [3.05, 3.63) is 35.1 Å². The van der Waals surface area contributed by atoms with Gasteiger partial charge in [0.15, 0.2) is 0 Å². The second kappa shape index (κ2) is 8.69. The summed E-state index contributed by atoms with van der Waals surface area (Å²) in [7, 11) is 0. The fraction of sp³-hybridized carbons (Fsp3) is 0.522. The first-order chi connectivity index (χ1) is 14.4. The number of carbonyl (C=O) groups excluding carboxylic acids is 2. The van der Waals surface area contributed by atoms with E-state index in [1.165, 1.54) is 13.0 Å². The van der Waals surface area contributed by atoms with Gasteiger partial charge in [0.25, 0.3) is 0 Å². The zero-order valence-corrected chi connectivity index (χ0v) is 19.0. The maximum atomic E-state index is 14.2. The molecule has 1 aromatic carbocycles. The van der Waals surface area contributed by atoms with E-state index in [9.17, 15) is 14.0 Å². The Hall–Kier alpha value is -2.90. The number of carbonyl (C=O) groups is 2. The van der Waals surface area contributed by atoms with Crippen LogP contribution >= 0.6 is 0 Å². The molecule has 0 spiro atoms. The lowest BCUT2D eigenvalue weighted by Crippen LogP contribution is -2.37. The van der Waals surface area contributed by atoms with Gasteiger partial charge in [-0.2, -0.15) is 0 Å². The van der Waals surface area contributed by atoms with E-state index < -0.39 is 11.7 Å². The van der Waals surface area contributed by atoms with Gasteiger partial charge in [0.2, 0.25) is 5.91 Å². The number of nitrogens with one attached hydrogen (secondary N) is 2. The molecule has 0 bridgehead atoms. The summed E-state index contributed by atoms with van der Waals surface area (Å²) in [4.78, 5) is 30.7. The molecule has 2 atom stereocenters. The average molecular weight is 431 g/mol. The maximum absolute atomic E-state index is 14.2. The lowest BCUT2D eigenvalue weighted by Gasteiger charge is -2.26. The first kappa shape index (κ1) is 22.8. The summed E-state index contributed by atoms with van der Waals surface area (Å²) in [5.74, 6) is 0.296. The fourth-order valence-electron chi connectivity index (χ4n) is 3.86. The van der Waals surface area contributed by atoms with Crippen LogP contribution < -0.4 is 15.5 Å². The third kappa shape index (κ3) is 5.42. The first-order valence-corrected chi connectivity index (χ1v) is 10.6. The van der Waals surface area contributed by atoms with Crippen molar-refractivity contribution < 1.29 is 18.7 Å². The number of aryl methyl sites for hydroxylation is 1. The van der Waals surface area contributed by atoms with Crippen LogP contribution in [-0.2, 0) is 9.53 Å². The van der Waals surface area contributed by atoms with Crippen LogP contribution in [0.2, 0.25) is 0 Å². The number of aromatic nitrogens is 1. The van der Waals surface area contributed by atoms with E-state index in [4.69, 9.17) is 9.72 Å². The molecule has 1 aliphatic heterocycles. The Morgan fingerprint density at radius 2 is 2.03 bits per heavy atom. The SMILES string of the molecule is CC(=O)NC1CCN(c2nc3c(C)c(F)ccc3cc2C(C)NC(=O)OC(C)(C)C)C1. The van der Waals surface area contributed by atoms with Crippen molar-refractivity contribution in [2.45, 2.75) is 65.6 Å². The van der Waals surface area contributed by atoms with Crippen molar-refractivity contribution in [2.24, 2.45) is 0 Å². The summed E-state index contributed by atoms with van der Waals surface area (Å²) in [5.41, 5.74) is 1.28. The zero-order chi connectivity index (χ0) is 22.9. The second-order valence-corrected chi connectivity index (χ2v) is 9.15. The van der Waals surface area contributed by atoms with Gasteiger partial charge < -0.3 is 20.3 Å². The Kier molecular flexibility index (Phi) is 6.38. The van der Waals surface area contributed by atoms with E-state index in [0.717, 1.165) is 17.4 Å². The molecule has 2 heterocycles. The molecule has 2 N–H and O–H groups in total. The molecule has 1 aromatic heterocycles. The molecule has 2 amide bonds. The molecule has 3 rings (SSSR count). The van der Waals surface area contributed by atoms with Crippen LogP contribution in [-0.4, -0.2) is 41.7 Å². The van der Waals surface area contributed by atoms with E-state index >= 15 is 0 Å². The van der Waals surface area contributed by atoms with Crippen molar-refractivity contribution in [3.8, 4) is 0 Å². The number of halogens is 1. The number of fused-ring (bicyclic) bond motifs is 1. The minimum absolute atomic E-state index is 0.0191. The smallest absolute Gasteiger partial charge is 0.408 e. The van der Waals surface area contributed by atoms with Crippen LogP contribution in [0.25, 0.3) is 10.9 Å². The van der Waals surface area contributed by atoms with E-state index in [1.54, 1.807) is 13.0 Å². The fourth-order valence-corrected chi connectivity index (χ4v) is 3.86. The van der Waals surface area contributed by atoms with Crippen molar-refractivity contribution in [1.82, 2.24) is 15.6 Å². The van der Waals surface area contributed by atoms with E-state index in [-0.39, 0.29) is 23.8 Å². The molecule has 2 aromatic rings. The normalized spacial score (nSPS) is 17.5. The van der Waals surface area contributed by atoms with Gasteiger partial charge in [-0.1, -0.05) is 0 Å². The quantitative estimate of drug-likeness (QED) is 0.767. The maximum Gasteiger partial charge on any atom is 0.408 e. The van der Waals surface area contributed by atoms with E-state index in [2.05, 4.69) is 15.5 Å². The number of rotatable bonds is 4. The first-order valence-electron chi connectivity index (χ1n) is 10.6. The molecular formula is C23H31FN4O3. The molecule has 8 heteroatoms. The summed E-state index contributed by atoms with van der Waals surface area (Å²) in [6.45, 7) is 11.8. The second-order valence-electron chi connectivity index (χ2n) is 9.15. The molecule has 168 valence electrons. The minimum atomic E-state index is -0.608. The Balaban J connectivity index is 1.98. The number of alkyl carbamates (subject to hydrolysis) is 1. The largest absolute Gasteiger partial charge is 0.444 e. The number of nitrogens with zero attached hydrogens (tertiary/aromatic N) is 2. The van der Waals surface area contributed by atoms with Crippen LogP contribution in [0.3, 0.4) is 0 Å². The summed E-state index contributed by atoms with van der Waals surface area (Å²) in [6.07, 6.45) is 0.272. The highest BCUT2D eigenvalue weighted by Gasteiger charge is 2.28. The summed E-state index contributed by atoms with van der Waals surface area (Å²) in [6, 6.07) is 4.70. The van der Waals surface area contributed by atoms with Gasteiger partial charge in [-0.05, 0) is 59.2 Å². The van der Waals surface area contributed by atoms with Crippen LogP contribution in [0, 0.1) is 12.7 Å². The van der Waals surface area contributed by atoms with Crippen LogP contribution in [0.15, 0.2) is 18.2 Å². The monoisotopic (exact) mass is 430 g/mol. The van der Waals surface area contributed by atoms with Crippen LogP contribution in [0.1, 0.15) is 58.2 Å². The topological polar surface area (TPSA) is 83.6 Å². The third-order valence-electron chi connectivity index (χ3n) is 5.28. The molecule has 31 heavy (non-hydrogen) atoms. The Morgan fingerprint density at radius 3 is 2.68 bits per heavy atom. The lowest BCUT2D eigenvalue weighted by molar-refractivity contribution is -0.119. The van der Waals surface area contributed by atoms with Crippen molar-refractivity contribution in [2.75, 3.05) is 18.0 Å². The van der Waals surface area contributed by atoms with Gasteiger partial charge in [-0.25, -0.2) is 14.2 Å². The van der Waals surface area contributed by atoms with Crippen LogP contribution in [0.4, 0.5) is 15.0 Å². The van der Waals surface area contributed by atoms with Crippen LogP contribution in [0.5, 0.6) is 0 Å². The standard InChI is InChI=1S/C23H31FN4O3/c1-13-19(24)8-7-16-11-18(14(2)25-22(30)31-23(4,5)6)21(27-20(13)16)28-10-9-17(12-28)26-15(3)29/h7-8,11,14,17H,9-10,12H2,1-6H3,(H,25,30)(H,26,29). The predicted octanol–water partition coefficient (Wildman–Crippen LogP) is 3.98. The molecule has 1 fully saturated rings. The number of hydrogen-bond donors (Lipinski definition) is 2. The van der Waals surface area contributed by atoms with Crippen molar-refractivity contribution in [1.29, 1.82) is 0 Å². The van der Waals surface area contributed by atoms with Crippen molar-refractivity contribution >= 4 is 28.7 Å². The van der Waals surface area contributed by atoms with Gasteiger partial charge in [0.1, 0.15) is 17.2 Å². The van der Waals surface area contributed by atoms with Crippen molar-refractivity contribution in [3.63, 3.8) is 0 Å². The van der Waals surface area contributed by atoms with Gasteiger partial charge in [0.05, 0.1) is 11.6 Å². The molecule has 2 unspecified atom stereocenters. The van der Waals surface area contributed by atoms with E-state index in [1.807, 2.05) is 33.8 Å². The summed E-state index contributed by atoms with van der Waals surface area (Å²) in [5, 5.41) is 6.63. The van der Waals surface area contributed by atoms with Gasteiger partial charge in [0, 0.05) is 42.6 Å². The molecule has 0 saturated carbocycles. The number of ether oxygens (including phenoxy) is 1. The molecule has 0 aliphatic carbocycles. The highest BCUT2D eigenvalue weighted by molar-refractivity contribution is 5.85. The average Bonchev–Trinajstić information content (AvgIpc) is 3.10. The third-order valence-corrected chi connectivity index (χ3v) is 5.28. The molecule has 1 aliphatic rings. The number of benzene rings is 1. The summed E-state index contributed by atoms with van der Waals surface area (Å²) < 4.78 is 19.6. The number of hydrogen-bond acceptors (Lipinski definition) is 5. The van der Waals surface area contributed by atoms with Gasteiger partial charge in [-0.15, -0.1) is 0 Å². The van der Waals surface area contributed by atoms with E-state index in [0.29, 0.717) is 30.0 Å². The highest BCUT2D eigenvalue weighted by Crippen LogP contribution is 2.32. The molecular weight excluding hydrogens is 399 g/mol. The highest BCUT2D eigenvalue weighted by atomic mass is 19.1. The number of anilines is 1. The van der Waals surface area contributed by atoms with Gasteiger partial charge >= 0.3 is 6.09 Å². The summed E-state index contributed by atoms with van der Waals surface area (Å²) >= 11 is 0. The van der Waals surface area contributed by atoms with Gasteiger partial charge in [-0.3, -0.25) is 4.79 Å². The Bertz CT molecular complexity index is 1000. The molecule has 1 saturated heterocycles. The Labute approximate surface area is 182 Å². The lowest BCUT2D eigenvalue weighted by atomic mass is 10.0. The minimum Gasteiger partial charge on any atom is -0.444 e. The number of amides is 2. The number of pyridine rings is 1. The zero-order valence-electron chi connectivity index (χ0n) is 19.0. The molecule has 7 nitrogen and oxygen atoms in total. The Morgan fingerprint density at radius 1 is 1.32 bits per heavy atom.